The molecule has 1 saturated carbocycles. The van der Waals surface area contributed by atoms with Crippen LogP contribution < -0.4 is 0 Å². The van der Waals surface area contributed by atoms with Gasteiger partial charge in [-0.2, -0.15) is 5.10 Å². The van der Waals surface area contributed by atoms with E-state index in [0.29, 0.717) is 18.3 Å². The maximum absolute atomic E-state index is 12.4. The molecule has 116 valence electrons. The van der Waals surface area contributed by atoms with E-state index in [-0.39, 0.29) is 18.4 Å². The number of hydrogen-bond acceptors (Lipinski definition) is 3. The Balaban J connectivity index is 2.10. The monoisotopic (exact) mass is 293 g/mol. The summed E-state index contributed by atoms with van der Waals surface area (Å²) >= 11 is 0. The van der Waals surface area contributed by atoms with Crippen LogP contribution in [0.25, 0.3) is 0 Å². The van der Waals surface area contributed by atoms with Gasteiger partial charge in [0.25, 0.3) is 5.91 Å². The van der Waals surface area contributed by atoms with Crippen LogP contribution >= 0.6 is 0 Å². The van der Waals surface area contributed by atoms with Crippen LogP contribution in [0.5, 0.6) is 0 Å². The van der Waals surface area contributed by atoms with Crippen LogP contribution in [0.2, 0.25) is 0 Å². The molecule has 6 nitrogen and oxygen atoms in total. The highest BCUT2D eigenvalue weighted by Crippen LogP contribution is 2.28. The fourth-order valence-electron chi connectivity index (χ4n) is 2.81. The Morgan fingerprint density at radius 1 is 1.43 bits per heavy atom. The summed E-state index contributed by atoms with van der Waals surface area (Å²) in [7, 11) is 0. The summed E-state index contributed by atoms with van der Waals surface area (Å²) in [5.74, 6) is -1.09. The van der Waals surface area contributed by atoms with Crippen molar-refractivity contribution in [3.05, 3.63) is 18.0 Å². The average molecular weight is 293 g/mol. The molecule has 2 rings (SSSR count). The first-order valence-corrected chi connectivity index (χ1v) is 7.53. The Hall–Kier alpha value is -1.85. The fraction of sp³-hybridized carbons (Fsp3) is 0.667. The first kappa shape index (κ1) is 15.5. The van der Waals surface area contributed by atoms with Gasteiger partial charge in [0, 0.05) is 12.7 Å². The summed E-state index contributed by atoms with van der Waals surface area (Å²) in [6.07, 6.45) is 6.43. The highest BCUT2D eigenvalue weighted by atomic mass is 16.4. The number of nitrogens with zero attached hydrogens (tertiary/aromatic N) is 3. The number of hydrogen-bond donors (Lipinski definition) is 1. The van der Waals surface area contributed by atoms with Gasteiger partial charge in [0.2, 0.25) is 0 Å². The Morgan fingerprint density at radius 3 is 2.67 bits per heavy atom. The molecule has 1 heterocycles. The summed E-state index contributed by atoms with van der Waals surface area (Å²) in [6, 6.07) is 2.07. The number of carbonyl (C=O) groups is 2. The molecule has 0 bridgehead atoms. The molecule has 0 spiro atoms. The largest absolute Gasteiger partial charge is 0.480 e. The lowest BCUT2D eigenvalue weighted by atomic mass is 10.2. The summed E-state index contributed by atoms with van der Waals surface area (Å²) in [5.41, 5.74) is 0.337. The average Bonchev–Trinajstić information content (AvgIpc) is 3.06. The van der Waals surface area contributed by atoms with Crippen molar-refractivity contribution in [2.45, 2.75) is 45.6 Å². The lowest BCUT2D eigenvalue weighted by Crippen LogP contribution is -2.38. The van der Waals surface area contributed by atoms with Crippen LogP contribution in [-0.2, 0) is 4.79 Å². The minimum Gasteiger partial charge on any atom is -0.480 e. The third-order valence-corrected chi connectivity index (χ3v) is 3.73. The smallest absolute Gasteiger partial charge is 0.323 e. The van der Waals surface area contributed by atoms with Crippen LogP contribution in [0.1, 0.15) is 56.1 Å². The van der Waals surface area contributed by atoms with Gasteiger partial charge >= 0.3 is 5.97 Å². The number of carboxylic acid groups (broad SMARTS) is 1. The number of carbonyl (C=O) groups excluding carboxylic acids is 1. The van der Waals surface area contributed by atoms with Crippen LogP contribution in [-0.4, -0.2) is 44.8 Å². The van der Waals surface area contributed by atoms with Gasteiger partial charge < -0.3 is 10.0 Å². The van der Waals surface area contributed by atoms with Crippen molar-refractivity contribution in [3.8, 4) is 0 Å². The molecule has 0 aliphatic heterocycles. The molecule has 1 aromatic rings. The van der Waals surface area contributed by atoms with Crippen molar-refractivity contribution in [3.63, 3.8) is 0 Å². The number of carboxylic acids is 1. The van der Waals surface area contributed by atoms with E-state index in [9.17, 15) is 9.59 Å². The van der Waals surface area contributed by atoms with Crippen molar-refractivity contribution in [2.75, 3.05) is 13.1 Å². The zero-order valence-electron chi connectivity index (χ0n) is 12.7. The molecule has 1 aliphatic carbocycles. The second kappa shape index (κ2) is 6.74. The molecule has 0 unspecified atom stereocenters. The van der Waals surface area contributed by atoms with Crippen molar-refractivity contribution in [1.29, 1.82) is 0 Å². The van der Waals surface area contributed by atoms with Crippen LogP contribution in [0, 0.1) is 5.92 Å². The number of amides is 1. The SMILES string of the molecule is CC(C)CN(CC(=O)O)C(=O)c1ccn(C2CCCC2)n1. The van der Waals surface area contributed by atoms with Gasteiger partial charge in [-0.25, -0.2) is 0 Å². The second-order valence-electron chi connectivity index (χ2n) is 6.09. The summed E-state index contributed by atoms with van der Waals surface area (Å²) in [6.45, 7) is 4.05. The Morgan fingerprint density at radius 2 is 2.10 bits per heavy atom. The van der Waals surface area contributed by atoms with E-state index >= 15 is 0 Å². The maximum atomic E-state index is 12.4. The van der Waals surface area contributed by atoms with E-state index in [4.69, 9.17) is 5.11 Å². The van der Waals surface area contributed by atoms with Gasteiger partial charge in [-0.15, -0.1) is 0 Å². The highest BCUT2D eigenvalue weighted by Gasteiger charge is 2.23. The van der Waals surface area contributed by atoms with E-state index in [2.05, 4.69) is 5.10 Å². The molecule has 1 amide bonds. The van der Waals surface area contributed by atoms with E-state index in [0.717, 1.165) is 12.8 Å². The quantitative estimate of drug-likeness (QED) is 0.872. The lowest BCUT2D eigenvalue weighted by Gasteiger charge is -2.21. The molecule has 6 heteroatoms. The first-order chi connectivity index (χ1) is 9.97. The topological polar surface area (TPSA) is 75.4 Å². The van der Waals surface area contributed by atoms with Crippen molar-refractivity contribution >= 4 is 11.9 Å². The summed E-state index contributed by atoms with van der Waals surface area (Å²) < 4.78 is 1.86. The fourth-order valence-corrected chi connectivity index (χ4v) is 2.81. The van der Waals surface area contributed by atoms with E-state index < -0.39 is 5.97 Å². The summed E-state index contributed by atoms with van der Waals surface area (Å²) in [4.78, 5) is 24.7. The van der Waals surface area contributed by atoms with E-state index in [1.54, 1.807) is 6.07 Å². The minimum absolute atomic E-state index is 0.213. The zero-order valence-corrected chi connectivity index (χ0v) is 12.7. The molecule has 1 N–H and O–H groups in total. The molecule has 0 aromatic carbocycles. The predicted octanol–water partition coefficient (Wildman–Crippen LogP) is 2.18. The van der Waals surface area contributed by atoms with Gasteiger partial charge in [-0.05, 0) is 24.8 Å². The van der Waals surface area contributed by atoms with Crippen LogP contribution in [0.3, 0.4) is 0 Å². The molecule has 1 aliphatic rings. The van der Waals surface area contributed by atoms with Crippen molar-refractivity contribution < 1.29 is 14.7 Å². The third kappa shape index (κ3) is 4.06. The maximum Gasteiger partial charge on any atom is 0.323 e. The summed E-state index contributed by atoms with van der Waals surface area (Å²) in [5, 5.41) is 13.3. The van der Waals surface area contributed by atoms with Gasteiger partial charge in [0.1, 0.15) is 12.2 Å². The molecular formula is C15H23N3O3. The number of rotatable bonds is 6. The number of aromatic nitrogens is 2. The van der Waals surface area contributed by atoms with Gasteiger partial charge in [-0.1, -0.05) is 26.7 Å². The standard InChI is InChI=1S/C15H23N3O3/c1-11(2)9-17(10-14(19)20)15(21)13-7-8-18(16-13)12-5-3-4-6-12/h7-8,11-12H,3-6,9-10H2,1-2H3,(H,19,20). The molecule has 21 heavy (non-hydrogen) atoms. The van der Waals surface area contributed by atoms with Crippen LogP contribution in [0.15, 0.2) is 12.3 Å². The normalized spacial score (nSPS) is 15.6. The van der Waals surface area contributed by atoms with Crippen molar-refractivity contribution in [2.24, 2.45) is 5.92 Å². The lowest BCUT2D eigenvalue weighted by molar-refractivity contribution is -0.137. The highest BCUT2D eigenvalue weighted by molar-refractivity contribution is 5.94. The van der Waals surface area contributed by atoms with E-state index in [1.807, 2.05) is 24.7 Å². The Labute approximate surface area is 124 Å². The first-order valence-electron chi connectivity index (χ1n) is 7.53. The molecule has 0 saturated heterocycles. The third-order valence-electron chi connectivity index (χ3n) is 3.73. The Bertz CT molecular complexity index is 504. The molecule has 1 aromatic heterocycles. The minimum atomic E-state index is -1.00. The molecule has 0 radical (unpaired) electrons. The second-order valence-corrected chi connectivity index (χ2v) is 6.09. The molecular weight excluding hydrogens is 270 g/mol. The number of aliphatic carboxylic acids is 1. The zero-order chi connectivity index (χ0) is 15.4. The van der Waals surface area contributed by atoms with Crippen molar-refractivity contribution in [1.82, 2.24) is 14.7 Å². The van der Waals surface area contributed by atoms with Crippen LogP contribution in [0.4, 0.5) is 0 Å². The van der Waals surface area contributed by atoms with E-state index in [1.165, 1.54) is 17.7 Å². The van der Waals surface area contributed by atoms with Gasteiger partial charge in [-0.3, -0.25) is 14.3 Å². The van der Waals surface area contributed by atoms with Gasteiger partial charge in [0.05, 0.1) is 6.04 Å². The molecule has 1 fully saturated rings. The predicted molar refractivity (Wildman–Crippen MR) is 78.1 cm³/mol. The molecule has 0 atom stereocenters. The Kier molecular flexibility index (Phi) is 4.98. The van der Waals surface area contributed by atoms with Gasteiger partial charge in [0.15, 0.2) is 0 Å².